The molecule has 0 saturated carbocycles. The zero-order chi connectivity index (χ0) is 38.5. The van der Waals surface area contributed by atoms with Gasteiger partial charge in [-0.05, 0) is 50.3 Å². The van der Waals surface area contributed by atoms with Crippen LogP contribution in [0.4, 0.5) is 0 Å². The fraction of sp³-hybridized carbons (Fsp3) is 0.650. The third kappa shape index (κ3) is 11.8. The zero-order valence-electron chi connectivity index (χ0n) is 32.6. The molecule has 1 aromatic heterocycles. The standard InChI is InChI=1S/C40H60N4O7S/c1-10-26(4)29(22-35(46)32-18-14-15-19-43(32)6)39(48)44(7)33(25(2)3)23-36(50-8)38-42-31(24-52-38)37(47)41-30(21-28-16-12-11-13-17-28)34(45)20-27(5)40(49)51-9/h11-13,16-17,24-27,29-30,32-33,36H,10,14-15,18-23H2,1-9H3,(H,41,47)/t26-,27+,29-,30-,32+,33+,36+/m0/s1. The molecule has 0 bridgehead atoms. The summed E-state index contributed by atoms with van der Waals surface area (Å²) in [7, 11) is 6.68. The van der Waals surface area contributed by atoms with Gasteiger partial charge in [0.1, 0.15) is 16.8 Å². The fourth-order valence-electron chi connectivity index (χ4n) is 7.07. The molecular formula is C40H60N4O7S. The minimum absolute atomic E-state index is 0.0374. The first-order chi connectivity index (χ1) is 24.7. The van der Waals surface area contributed by atoms with E-state index in [0.29, 0.717) is 11.4 Å². The summed E-state index contributed by atoms with van der Waals surface area (Å²) in [6, 6.07) is 8.13. The second-order valence-corrected chi connectivity index (χ2v) is 15.6. The number of thiazole rings is 1. The van der Waals surface area contributed by atoms with Crippen LogP contribution in [0.2, 0.25) is 0 Å². The summed E-state index contributed by atoms with van der Waals surface area (Å²) < 4.78 is 10.7. The Morgan fingerprint density at radius 1 is 1.04 bits per heavy atom. The smallest absolute Gasteiger partial charge is 0.308 e. The van der Waals surface area contributed by atoms with Crippen molar-refractivity contribution in [2.75, 3.05) is 34.9 Å². The number of nitrogens with one attached hydrogen (secondary N) is 1. The van der Waals surface area contributed by atoms with Crippen molar-refractivity contribution in [3.63, 3.8) is 0 Å². The molecule has 1 N–H and O–H groups in total. The van der Waals surface area contributed by atoms with Crippen molar-refractivity contribution in [1.29, 1.82) is 0 Å². The number of rotatable bonds is 20. The number of nitrogens with zero attached hydrogens (tertiary/aromatic N) is 3. The van der Waals surface area contributed by atoms with Gasteiger partial charge in [-0.15, -0.1) is 11.3 Å². The minimum Gasteiger partial charge on any atom is -0.469 e. The predicted molar refractivity (Wildman–Crippen MR) is 203 cm³/mol. The third-order valence-corrected chi connectivity index (χ3v) is 11.6. The average Bonchev–Trinajstić information content (AvgIpc) is 3.63. The van der Waals surface area contributed by atoms with Crippen LogP contribution in [0.1, 0.15) is 107 Å². The molecule has 0 radical (unpaired) electrons. The van der Waals surface area contributed by atoms with Gasteiger partial charge < -0.3 is 19.7 Å². The minimum atomic E-state index is -0.876. The first kappa shape index (κ1) is 42.9. The Morgan fingerprint density at radius 2 is 1.73 bits per heavy atom. The summed E-state index contributed by atoms with van der Waals surface area (Å²) >= 11 is 1.28. The second kappa shape index (κ2) is 20.7. The number of carbonyl (C=O) groups excluding carboxylic acids is 5. The highest BCUT2D eigenvalue weighted by Crippen LogP contribution is 2.32. The predicted octanol–water partition coefficient (Wildman–Crippen LogP) is 5.92. The van der Waals surface area contributed by atoms with Gasteiger partial charge in [-0.3, -0.25) is 28.9 Å². The summed E-state index contributed by atoms with van der Waals surface area (Å²) in [5, 5.41) is 5.08. The van der Waals surface area contributed by atoms with Crippen LogP contribution in [0, 0.1) is 23.7 Å². The highest BCUT2D eigenvalue weighted by atomic mass is 32.1. The van der Waals surface area contributed by atoms with E-state index >= 15 is 0 Å². The molecule has 52 heavy (non-hydrogen) atoms. The van der Waals surface area contributed by atoms with Crippen LogP contribution in [0.15, 0.2) is 35.7 Å². The van der Waals surface area contributed by atoms with Gasteiger partial charge in [0, 0.05) is 50.8 Å². The molecule has 1 aliphatic rings. The van der Waals surface area contributed by atoms with Crippen LogP contribution >= 0.6 is 11.3 Å². The van der Waals surface area contributed by atoms with E-state index in [4.69, 9.17) is 9.47 Å². The molecule has 1 aromatic carbocycles. The first-order valence-electron chi connectivity index (χ1n) is 18.6. The molecule has 2 aromatic rings. The lowest BCUT2D eigenvalue weighted by Gasteiger charge is -2.37. The number of ketones is 2. The van der Waals surface area contributed by atoms with Crippen LogP contribution in [0.5, 0.6) is 0 Å². The number of aromatic nitrogens is 1. The molecule has 11 nitrogen and oxygen atoms in total. The van der Waals surface area contributed by atoms with E-state index in [1.54, 1.807) is 24.3 Å². The Balaban J connectivity index is 1.76. The van der Waals surface area contributed by atoms with Gasteiger partial charge in [0.2, 0.25) is 5.91 Å². The van der Waals surface area contributed by atoms with Gasteiger partial charge in [-0.25, -0.2) is 4.98 Å². The SMILES string of the molecule is CC[C@H](C)[C@H](CC(=O)[C@H]1CCCCN1C)C(=O)N(C)[C@H](C[C@@H](OC)c1nc(C(=O)N[C@@H](Cc2ccccc2)C(=O)C[C@@H](C)C(=O)OC)cs1)C(C)C. The number of esters is 1. The lowest BCUT2D eigenvalue weighted by atomic mass is 9.83. The van der Waals surface area contributed by atoms with Crippen LogP contribution < -0.4 is 5.32 Å². The van der Waals surface area contributed by atoms with E-state index in [2.05, 4.69) is 42.9 Å². The Kier molecular flexibility index (Phi) is 17.1. The summed E-state index contributed by atoms with van der Waals surface area (Å²) in [4.78, 5) is 75.2. The molecule has 3 rings (SSSR count). The number of carbonyl (C=O) groups is 5. The Bertz CT molecular complexity index is 1480. The van der Waals surface area contributed by atoms with Gasteiger partial charge in [0.15, 0.2) is 11.6 Å². The van der Waals surface area contributed by atoms with E-state index in [1.165, 1.54) is 18.4 Å². The van der Waals surface area contributed by atoms with E-state index in [9.17, 15) is 24.0 Å². The van der Waals surface area contributed by atoms with Crippen LogP contribution in [-0.4, -0.2) is 97.1 Å². The Morgan fingerprint density at radius 3 is 2.33 bits per heavy atom. The van der Waals surface area contributed by atoms with Crippen molar-refractivity contribution >= 4 is 40.7 Å². The number of likely N-dealkylation sites (tertiary alicyclic amines) is 1. The van der Waals surface area contributed by atoms with Gasteiger partial charge in [-0.1, -0.05) is 77.8 Å². The maximum atomic E-state index is 14.2. The zero-order valence-corrected chi connectivity index (χ0v) is 33.4. The molecule has 1 fully saturated rings. The maximum absolute atomic E-state index is 14.2. The molecule has 2 amide bonds. The van der Waals surface area contributed by atoms with Crippen LogP contribution in [-0.2, 0) is 35.1 Å². The number of hydrogen-bond acceptors (Lipinski definition) is 10. The molecule has 1 aliphatic heterocycles. The lowest BCUT2D eigenvalue weighted by molar-refractivity contribution is -0.146. The molecule has 0 spiro atoms. The second-order valence-electron chi connectivity index (χ2n) is 14.8. The first-order valence-corrected chi connectivity index (χ1v) is 19.5. The van der Waals surface area contributed by atoms with Crippen LogP contribution in [0.25, 0.3) is 0 Å². The molecule has 12 heteroatoms. The topological polar surface area (TPSA) is 135 Å². The molecular weight excluding hydrogens is 681 g/mol. The van der Waals surface area contributed by atoms with E-state index in [-0.39, 0.29) is 66.3 Å². The molecule has 288 valence electrons. The van der Waals surface area contributed by atoms with Crippen molar-refractivity contribution in [1.82, 2.24) is 20.1 Å². The van der Waals surface area contributed by atoms with Gasteiger partial charge in [0.25, 0.3) is 5.91 Å². The third-order valence-electron chi connectivity index (χ3n) is 10.7. The lowest BCUT2D eigenvalue weighted by Crippen LogP contribution is -2.48. The van der Waals surface area contributed by atoms with E-state index < -0.39 is 35.9 Å². The van der Waals surface area contributed by atoms with Crippen molar-refractivity contribution in [3.05, 3.63) is 52.0 Å². The van der Waals surface area contributed by atoms with Crippen LogP contribution in [0.3, 0.4) is 0 Å². The molecule has 1 saturated heterocycles. The Hall–Kier alpha value is -3.48. The number of piperidine rings is 1. The van der Waals surface area contributed by atoms with Crippen molar-refractivity contribution in [2.45, 2.75) is 110 Å². The number of benzene rings is 1. The normalized spacial score (nSPS) is 18.5. The van der Waals surface area contributed by atoms with Gasteiger partial charge in [-0.2, -0.15) is 0 Å². The molecule has 0 aliphatic carbocycles. The maximum Gasteiger partial charge on any atom is 0.308 e. The quantitative estimate of drug-likeness (QED) is 0.164. The number of hydrogen-bond donors (Lipinski definition) is 1. The number of Topliss-reactive ketones (excluding diaryl/α,β-unsaturated/α-hetero) is 2. The average molecular weight is 741 g/mol. The largest absolute Gasteiger partial charge is 0.469 e. The van der Waals surface area contributed by atoms with E-state index in [0.717, 1.165) is 37.8 Å². The number of likely N-dealkylation sites (N-methyl/N-ethyl adjacent to an activating group) is 1. The van der Waals surface area contributed by atoms with Crippen molar-refractivity contribution in [2.24, 2.45) is 23.7 Å². The van der Waals surface area contributed by atoms with Gasteiger partial charge in [0.05, 0.1) is 25.1 Å². The highest BCUT2D eigenvalue weighted by molar-refractivity contribution is 7.09. The summed E-state index contributed by atoms with van der Waals surface area (Å²) in [6.07, 6.45) is 4.09. The molecule has 7 atom stereocenters. The Labute approximate surface area is 314 Å². The number of amides is 2. The summed E-state index contributed by atoms with van der Waals surface area (Å²) in [5.74, 6) is -2.13. The molecule has 0 unspecified atom stereocenters. The summed E-state index contributed by atoms with van der Waals surface area (Å²) in [5.41, 5.74) is 1.02. The monoisotopic (exact) mass is 740 g/mol. The van der Waals surface area contributed by atoms with E-state index in [1.807, 2.05) is 44.4 Å². The number of ether oxygens (including phenoxy) is 2. The van der Waals surface area contributed by atoms with Crippen molar-refractivity contribution < 1.29 is 33.4 Å². The number of methoxy groups -OCH3 is 2. The fourth-order valence-corrected chi connectivity index (χ4v) is 7.95. The summed E-state index contributed by atoms with van der Waals surface area (Å²) in [6.45, 7) is 10.8. The van der Waals surface area contributed by atoms with Gasteiger partial charge >= 0.3 is 5.97 Å². The molecule has 2 heterocycles. The van der Waals surface area contributed by atoms with Crippen molar-refractivity contribution in [3.8, 4) is 0 Å². The highest BCUT2D eigenvalue weighted by Gasteiger charge is 2.37.